The van der Waals surface area contributed by atoms with Gasteiger partial charge < -0.3 is 10.0 Å². The van der Waals surface area contributed by atoms with Gasteiger partial charge in [-0.3, -0.25) is 4.79 Å². The van der Waals surface area contributed by atoms with Crippen molar-refractivity contribution < 1.29 is 27.5 Å². The molecule has 19 heavy (non-hydrogen) atoms. The van der Waals surface area contributed by atoms with Crippen LogP contribution in [0.25, 0.3) is 0 Å². The van der Waals surface area contributed by atoms with Gasteiger partial charge in [0.2, 0.25) is 0 Å². The van der Waals surface area contributed by atoms with Crippen LogP contribution in [0.5, 0.6) is 0 Å². The Morgan fingerprint density at radius 3 is 2.42 bits per heavy atom. The van der Waals surface area contributed by atoms with Gasteiger partial charge in [0.25, 0.3) is 12.3 Å². The van der Waals surface area contributed by atoms with Gasteiger partial charge >= 0.3 is 0 Å². The highest BCUT2D eigenvalue weighted by Crippen LogP contribution is 2.21. The maximum absolute atomic E-state index is 13.0. The zero-order valence-corrected chi connectivity index (χ0v) is 10.3. The second-order valence-electron chi connectivity index (χ2n) is 3.61. The molecule has 0 aromatic heterocycles. The monoisotopic (exact) mass is 299 g/mol. The minimum Gasteiger partial charge on any atom is -0.395 e. The quantitative estimate of drug-likeness (QED) is 0.669. The fraction of sp³-hybridized carbons (Fsp3) is 0.364. The summed E-state index contributed by atoms with van der Waals surface area (Å²) in [4.78, 5) is 12.5. The number of aliphatic hydroxyl groups excluding tert-OH is 1. The molecule has 1 aromatic carbocycles. The number of benzene rings is 1. The normalized spacial score (nSPS) is 10.9. The molecule has 1 amide bonds. The van der Waals surface area contributed by atoms with E-state index in [1.54, 1.807) is 0 Å². The smallest absolute Gasteiger partial charge is 0.255 e. The molecule has 0 radical (unpaired) electrons. The standard InChI is InChI=1S/C11H10ClF4NO2/c12-7-4-9(14)8(13)3-6(7)11(19)17(1-2-18)5-10(15)16/h3-4,10,18H,1-2,5H2. The molecule has 1 rings (SSSR count). The summed E-state index contributed by atoms with van der Waals surface area (Å²) in [6.45, 7) is -1.84. The first kappa shape index (κ1) is 15.7. The SMILES string of the molecule is O=C(c1cc(F)c(F)cc1Cl)N(CCO)CC(F)F. The third kappa shape index (κ3) is 4.07. The number of rotatable bonds is 5. The minimum atomic E-state index is -2.82. The van der Waals surface area contributed by atoms with E-state index < -0.39 is 42.7 Å². The Morgan fingerprint density at radius 1 is 1.32 bits per heavy atom. The largest absolute Gasteiger partial charge is 0.395 e. The predicted octanol–water partition coefficient (Wildman–Crippen LogP) is 2.32. The first-order valence-corrected chi connectivity index (χ1v) is 5.57. The van der Waals surface area contributed by atoms with Gasteiger partial charge in [0, 0.05) is 6.54 Å². The first-order valence-electron chi connectivity index (χ1n) is 5.19. The average molecular weight is 300 g/mol. The van der Waals surface area contributed by atoms with E-state index in [0.29, 0.717) is 17.0 Å². The van der Waals surface area contributed by atoms with Gasteiger partial charge in [-0.15, -0.1) is 0 Å². The van der Waals surface area contributed by atoms with Crippen molar-refractivity contribution in [3.05, 3.63) is 34.4 Å². The van der Waals surface area contributed by atoms with E-state index in [0.717, 1.165) is 0 Å². The van der Waals surface area contributed by atoms with E-state index >= 15 is 0 Å². The topological polar surface area (TPSA) is 40.5 Å². The summed E-state index contributed by atoms with van der Waals surface area (Å²) in [6, 6.07) is 1.12. The molecule has 0 bridgehead atoms. The van der Waals surface area contributed by atoms with Crippen LogP contribution in [0, 0.1) is 11.6 Å². The number of halogens is 5. The second-order valence-corrected chi connectivity index (χ2v) is 4.02. The lowest BCUT2D eigenvalue weighted by molar-refractivity contribution is 0.0509. The van der Waals surface area contributed by atoms with Crippen LogP contribution >= 0.6 is 11.6 Å². The number of carbonyl (C=O) groups excluding carboxylic acids is 1. The summed E-state index contributed by atoms with van der Waals surface area (Å²) in [7, 11) is 0. The van der Waals surface area contributed by atoms with Gasteiger partial charge in [0.05, 0.1) is 23.7 Å². The molecule has 0 aliphatic rings. The van der Waals surface area contributed by atoms with Crippen LogP contribution in [0.15, 0.2) is 12.1 Å². The van der Waals surface area contributed by atoms with Crippen LogP contribution in [-0.4, -0.2) is 42.0 Å². The van der Waals surface area contributed by atoms with Crippen molar-refractivity contribution in [1.29, 1.82) is 0 Å². The van der Waals surface area contributed by atoms with E-state index in [9.17, 15) is 22.4 Å². The summed E-state index contributed by atoms with van der Waals surface area (Å²) < 4.78 is 50.4. The second kappa shape index (κ2) is 6.72. The zero-order valence-electron chi connectivity index (χ0n) is 9.55. The van der Waals surface area contributed by atoms with Crippen LogP contribution in [-0.2, 0) is 0 Å². The van der Waals surface area contributed by atoms with Gasteiger partial charge in [0.15, 0.2) is 11.6 Å². The molecule has 0 saturated carbocycles. The number of aliphatic hydroxyl groups is 1. The van der Waals surface area contributed by atoms with E-state index in [1.807, 2.05) is 0 Å². The van der Waals surface area contributed by atoms with Gasteiger partial charge in [0.1, 0.15) is 0 Å². The highest BCUT2D eigenvalue weighted by molar-refractivity contribution is 6.33. The molecule has 0 atom stereocenters. The minimum absolute atomic E-state index is 0.363. The molecule has 3 nitrogen and oxygen atoms in total. The molecule has 1 N–H and O–H groups in total. The van der Waals surface area contributed by atoms with Gasteiger partial charge in [-0.2, -0.15) is 0 Å². The predicted molar refractivity (Wildman–Crippen MR) is 60.4 cm³/mol. The molecule has 0 aliphatic heterocycles. The lowest BCUT2D eigenvalue weighted by Gasteiger charge is -2.21. The van der Waals surface area contributed by atoms with Crippen molar-refractivity contribution in [3.63, 3.8) is 0 Å². The van der Waals surface area contributed by atoms with Crippen molar-refractivity contribution in [3.8, 4) is 0 Å². The Labute approximate surface area is 111 Å². The van der Waals surface area contributed by atoms with Gasteiger partial charge in [-0.05, 0) is 12.1 Å². The third-order valence-corrected chi connectivity index (χ3v) is 2.57. The first-order chi connectivity index (χ1) is 8.86. The van der Waals surface area contributed by atoms with E-state index in [4.69, 9.17) is 16.7 Å². The maximum atomic E-state index is 13.0. The molecule has 1 aromatic rings. The Bertz CT molecular complexity index is 470. The fourth-order valence-electron chi connectivity index (χ4n) is 1.42. The highest BCUT2D eigenvalue weighted by Gasteiger charge is 2.23. The lowest BCUT2D eigenvalue weighted by Crippen LogP contribution is -2.37. The Balaban J connectivity index is 3.05. The van der Waals surface area contributed by atoms with E-state index in [-0.39, 0.29) is 11.6 Å². The Morgan fingerprint density at radius 2 is 1.89 bits per heavy atom. The third-order valence-electron chi connectivity index (χ3n) is 2.26. The lowest BCUT2D eigenvalue weighted by atomic mass is 10.2. The highest BCUT2D eigenvalue weighted by atomic mass is 35.5. The van der Waals surface area contributed by atoms with Crippen LogP contribution < -0.4 is 0 Å². The van der Waals surface area contributed by atoms with E-state index in [2.05, 4.69) is 0 Å². The number of amides is 1. The molecule has 0 fully saturated rings. The fourth-order valence-corrected chi connectivity index (χ4v) is 1.65. The molecule has 0 aliphatic carbocycles. The summed E-state index contributed by atoms with van der Waals surface area (Å²) in [6.07, 6.45) is -2.82. The number of nitrogens with zero attached hydrogens (tertiary/aromatic N) is 1. The molecule has 8 heteroatoms. The van der Waals surface area contributed by atoms with Crippen molar-refractivity contribution in [2.75, 3.05) is 19.7 Å². The molecule has 0 spiro atoms. The molecular weight excluding hydrogens is 290 g/mol. The number of hydrogen-bond donors (Lipinski definition) is 1. The summed E-state index contributed by atoms with van der Waals surface area (Å²) in [5.41, 5.74) is -0.435. The summed E-state index contributed by atoms with van der Waals surface area (Å²) in [5, 5.41) is 8.32. The molecular formula is C11H10ClF4NO2. The van der Waals surface area contributed by atoms with Gasteiger partial charge in [-0.25, -0.2) is 17.6 Å². The Kier molecular flexibility index (Phi) is 5.56. The van der Waals surface area contributed by atoms with Crippen molar-refractivity contribution in [2.45, 2.75) is 6.43 Å². The molecule has 0 unspecified atom stereocenters. The molecule has 0 heterocycles. The van der Waals surface area contributed by atoms with Gasteiger partial charge in [-0.1, -0.05) is 11.6 Å². The molecule has 0 saturated heterocycles. The maximum Gasteiger partial charge on any atom is 0.255 e. The number of alkyl halides is 2. The van der Waals surface area contributed by atoms with Crippen LogP contribution in [0.3, 0.4) is 0 Å². The van der Waals surface area contributed by atoms with Crippen molar-refractivity contribution in [1.82, 2.24) is 4.90 Å². The summed E-state index contributed by atoms with van der Waals surface area (Å²) >= 11 is 5.57. The van der Waals surface area contributed by atoms with Crippen molar-refractivity contribution >= 4 is 17.5 Å². The number of hydrogen-bond acceptors (Lipinski definition) is 2. The zero-order chi connectivity index (χ0) is 14.6. The summed E-state index contributed by atoms with van der Waals surface area (Å²) in [5.74, 6) is -3.56. The average Bonchev–Trinajstić information content (AvgIpc) is 2.32. The Hall–Kier alpha value is -1.34. The van der Waals surface area contributed by atoms with Crippen molar-refractivity contribution in [2.24, 2.45) is 0 Å². The van der Waals surface area contributed by atoms with Crippen LogP contribution in [0.4, 0.5) is 17.6 Å². The number of carbonyl (C=O) groups is 1. The van der Waals surface area contributed by atoms with E-state index in [1.165, 1.54) is 0 Å². The van der Waals surface area contributed by atoms with Crippen LogP contribution in [0.1, 0.15) is 10.4 Å². The molecule has 106 valence electrons. The van der Waals surface area contributed by atoms with Crippen LogP contribution in [0.2, 0.25) is 5.02 Å².